The van der Waals surface area contributed by atoms with Crippen LogP contribution in [0.25, 0.3) is 21.8 Å². The van der Waals surface area contributed by atoms with Crippen molar-refractivity contribution in [2.45, 2.75) is 50.1 Å². The fourth-order valence-corrected chi connectivity index (χ4v) is 6.26. The van der Waals surface area contributed by atoms with Gasteiger partial charge in [-0.2, -0.15) is 4.98 Å². The Bertz CT molecular complexity index is 1760. The lowest BCUT2D eigenvalue weighted by atomic mass is 9.88. The average Bonchev–Trinajstić information content (AvgIpc) is 3.44. The molecule has 0 saturated heterocycles. The summed E-state index contributed by atoms with van der Waals surface area (Å²) < 4.78 is 0.908. The SMILES string of the molecule is CN(C)c1nc(NC2CCC(NC(=O)C(CC(=O)c3ccc(Br)cc3)c3c[nH]c4ccccc34)CC2)nc2ccccc12. The predicted octanol–water partition coefficient (Wildman–Crippen LogP) is 6.84. The molecule has 9 heteroatoms. The van der Waals surface area contributed by atoms with Gasteiger partial charge < -0.3 is 20.5 Å². The first-order valence-corrected chi connectivity index (χ1v) is 15.5. The first-order chi connectivity index (χ1) is 20.9. The van der Waals surface area contributed by atoms with Gasteiger partial charge in [0.05, 0.1) is 11.4 Å². The quantitative estimate of drug-likeness (QED) is 0.153. The second-order valence-electron chi connectivity index (χ2n) is 11.5. The molecule has 0 aliphatic heterocycles. The maximum absolute atomic E-state index is 13.8. The number of fused-ring (bicyclic) bond motifs is 2. The van der Waals surface area contributed by atoms with Crippen molar-refractivity contribution in [2.24, 2.45) is 0 Å². The number of anilines is 2. The van der Waals surface area contributed by atoms with Gasteiger partial charge in [0.2, 0.25) is 11.9 Å². The number of carbonyl (C=O) groups is 2. The Morgan fingerprint density at radius 3 is 2.33 bits per heavy atom. The third-order valence-electron chi connectivity index (χ3n) is 8.28. The highest BCUT2D eigenvalue weighted by molar-refractivity contribution is 9.10. The summed E-state index contributed by atoms with van der Waals surface area (Å²) >= 11 is 3.43. The molecule has 1 aliphatic rings. The van der Waals surface area contributed by atoms with Gasteiger partial charge in [0.1, 0.15) is 5.82 Å². The summed E-state index contributed by atoms with van der Waals surface area (Å²) in [5.41, 5.74) is 3.30. The van der Waals surface area contributed by atoms with Crippen LogP contribution in [0.15, 0.2) is 83.5 Å². The van der Waals surface area contributed by atoms with Crippen molar-refractivity contribution in [1.29, 1.82) is 0 Å². The van der Waals surface area contributed by atoms with Gasteiger partial charge in [0.25, 0.3) is 0 Å². The van der Waals surface area contributed by atoms with Gasteiger partial charge in [-0.05, 0) is 61.6 Å². The molecule has 6 rings (SSSR count). The molecule has 43 heavy (non-hydrogen) atoms. The van der Waals surface area contributed by atoms with Gasteiger partial charge in [0, 0.05) is 65.1 Å². The van der Waals surface area contributed by atoms with Crippen molar-refractivity contribution in [3.8, 4) is 0 Å². The standard InChI is InChI=1S/C34H35BrN6O2/c1-41(2)32-26-8-4-6-10-30(26)39-34(40-32)38-24-17-15-23(16-18-24)37-33(43)27(19-31(42)21-11-13-22(35)14-12-21)28-20-36-29-9-5-3-7-25(28)29/h3-14,20,23-24,27,36H,15-19H2,1-2H3,(H,37,43)(H,38,39,40). The highest BCUT2D eigenvalue weighted by atomic mass is 79.9. The van der Waals surface area contributed by atoms with E-state index in [-0.39, 0.29) is 30.2 Å². The molecule has 1 aliphatic carbocycles. The van der Waals surface area contributed by atoms with Crippen molar-refractivity contribution in [1.82, 2.24) is 20.3 Å². The van der Waals surface area contributed by atoms with E-state index in [1.54, 1.807) is 12.1 Å². The second kappa shape index (κ2) is 12.6. The van der Waals surface area contributed by atoms with E-state index < -0.39 is 5.92 Å². The predicted molar refractivity (Wildman–Crippen MR) is 176 cm³/mol. The lowest BCUT2D eigenvalue weighted by Crippen LogP contribution is -2.42. The number of rotatable bonds is 9. The molecule has 1 fully saturated rings. The fourth-order valence-electron chi connectivity index (χ4n) is 6.00. The number of aromatic amines is 1. The Morgan fingerprint density at radius 1 is 0.907 bits per heavy atom. The number of H-pyrrole nitrogens is 1. The third kappa shape index (κ3) is 6.41. The number of para-hydroxylation sites is 2. The van der Waals surface area contributed by atoms with E-state index in [9.17, 15) is 9.59 Å². The van der Waals surface area contributed by atoms with Crippen LogP contribution in [0.3, 0.4) is 0 Å². The minimum absolute atomic E-state index is 0.0379. The molecule has 5 aromatic rings. The molecule has 0 spiro atoms. The summed E-state index contributed by atoms with van der Waals surface area (Å²) in [6.07, 6.45) is 5.40. The third-order valence-corrected chi connectivity index (χ3v) is 8.81. The first kappa shape index (κ1) is 28.9. The molecular weight excluding hydrogens is 604 g/mol. The smallest absolute Gasteiger partial charge is 0.228 e. The maximum Gasteiger partial charge on any atom is 0.228 e. The maximum atomic E-state index is 13.8. The van der Waals surface area contributed by atoms with Crippen LogP contribution >= 0.6 is 15.9 Å². The van der Waals surface area contributed by atoms with E-state index in [1.165, 1.54) is 0 Å². The molecule has 3 aromatic carbocycles. The van der Waals surface area contributed by atoms with Crippen LogP contribution in [0, 0.1) is 0 Å². The number of nitrogens with one attached hydrogen (secondary N) is 3. The average molecular weight is 640 g/mol. The van der Waals surface area contributed by atoms with Gasteiger partial charge in [-0.15, -0.1) is 0 Å². The van der Waals surface area contributed by atoms with Crippen LogP contribution < -0.4 is 15.5 Å². The monoisotopic (exact) mass is 638 g/mol. The van der Waals surface area contributed by atoms with Gasteiger partial charge in [0.15, 0.2) is 5.78 Å². The van der Waals surface area contributed by atoms with E-state index in [4.69, 9.17) is 9.97 Å². The van der Waals surface area contributed by atoms with E-state index in [0.717, 1.165) is 63.3 Å². The van der Waals surface area contributed by atoms with Gasteiger partial charge in [-0.25, -0.2) is 4.98 Å². The largest absolute Gasteiger partial charge is 0.362 e. The summed E-state index contributed by atoms with van der Waals surface area (Å²) in [7, 11) is 3.98. The molecule has 1 saturated carbocycles. The molecule has 1 atom stereocenters. The second-order valence-corrected chi connectivity index (χ2v) is 12.4. The number of ketones is 1. The Kier molecular flexibility index (Phi) is 8.42. The number of nitrogens with zero attached hydrogens (tertiary/aromatic N) is 3. The van der Waals surface area contributed by atoms with Crippen LogP contribution in [0.4, 0.5) is 11.8 Å². The molecule has 1 unspecified atom stereocenters. The first-order valence-electron chi connectivity index (χ1n) is 14.7. The summed E-state index contributed by atoms with van der Waals surface area (Å²) in [5.74, 6) is 0.743. The Hall–Kier alpha value is -4.24. The van der Waals surface area contributed by atoms with E-state index >= 15 is 0 Å². The molecule has 2 aromatic heterocycles. The number of carbonyl (C=O) groups excluding carboxylic acids is 2. The summed E-state index contributed by atoms with van der Waals surface area (Å²) in [5, 5.41) is 8.82. The van der Waals surface area contributed by atoms with Crippen molar-refractivity contribution in [3.63, 3.8) is 0 Å². The van der Waals surface area contributed by atoms with Crippen molar-refractivity contribution in [2.75, 3.05) is 24.3 Å². The molecule has 220 valence electrons. The Balaban J connectivity index is 1.14. The summed E-state index contributed by atoms with van der Waals surface area (Å²) in [6, 6.07) is 23.5. The number of halogens is 1. The number of amides is 1. The molecule has 1 amide bonds. The highest BCUT2D eigenvalue weighted by Gasteiger charge is 2.30. The zero-order chi connectivity index (χ0) is 29.9. The number of aromatic nitrogens is 3. The van der Waals surface area contributed by atoms with Crippen molar-refractivity contribution >= 4 is 61.2 Å². The Labute approximate surface area is 259 Å². The zero-order valence-electron chi connectivity index (χ0n) is 24.3. The van der Waals surface area contributed by atoms with Crippen LogP contribution in [0.2, 0.25) is 0 Å². The number of hydrogen-bond acceptors (Lipinski definition) is 6. The minimum atomic E-state index is -0.599. The zero-order valence-corrected chi connectivity index (χ0v) is 25.9. The fraction of sp³-hybridized carbons (Fsp3) is 0.294. The number of Topliss-reactive ketones (excluding diaryl/α,β-unsaturated/α-hetero) is 1. The van der Waals surface area contributed by atoms with Crippen LogP contribution in [0.1, 0.15) is 53.9 Å². The van der Waals surface area contributed by atoms with Crippen LogP contribution in [-0.2, 0) is 4.79 Å². The lowest BCUT2D eigenvalue weighted by Gasteiger charge is -2.31. The number of hydrogen-bond donors (Lipinski definition) is 3. The van der Waals surface area contributed by atoms with E-state index in [0.29, 0.717) is 11.5 Å². The van der Waals surface area contributed by atoms with Gasteiger partial charge in [-0.3, -0.25) is 9.59 Å². The minimum Gasteiger partial charge on any atom is -0.362 e. The Morgan fingerprint density at radius 2 is 1.58 bits per heavy atom. The highest BCUT2D eigenvalue weighted by Crippen LogP contribution is 2.31. The van der Waals surface area contributed by atoms with Crippen LogP contribution in [0.5, 0.6) is 0 Å². The topological polar surface area (TPSA) is 103 Å². The van der Waals surface area contributed by atoms with E-state index in [1.807, 2.05) is 85.9 Å². The molecule has 0 bridgehead atoms. The number of benzene rings is 3. The summed E-state index contributed by atoms with van der Waals surface area (Å²) in [6.45, 7) is 0. The molecule has 2 heterocycles. The molecular formula is C34H35BrN6O2. The van der Waals surface area contributed by atoms with Gasteiger partial charge >= 0.3 is 0 Å². The van der Waals surface area contributed by atoms with Crippen molar-refractivity contribution in [3.05, 3.63) is 94.6 Å². The van der Waals surface area contributed by atoms with Crippen LogP contribution in [-0.4, -0.2) is 52.8 Å². The summed E-state index contributed by atoms with van der Waals surface area (Å²) in [4.78, 5) is 42.0. The van der Waals surface area contributed by atoms with E-state index in [2.05, 4.69) is 31.5 Å². The molecule has 3 N–H and O–H groups in total. The molecule has 0 radical (unpaired) electrons. The normalized spacial score (nSPS) is 17.5. The lowest BCUT2D eigenvalue weighted by molar-refractivity contribution is -0.123. The van der Waals surface area contributed by atoms with Gasteiger partial charge in [-0.1, -0.05) is 58.4 Å². The van der Waals surface area contributed by atoms with Crippen molar-refractivity contribution < 1.29 is 9.59 Å². The molecule has 8 nitrogen and oxygen atoms in total.